The van der Waals surface area contributed by atoms with Gasteiger partial charge in [0, 0.05) is 13.1 Å². The van der Waals surface area contributed by atoms with Gasteiger partial charge in [0.2, 0.25) is 5.91 Å². The van der Waals surface area contributed by atoms with Crippen molar-refractivity contribution in [3.63, 3.8) is 0 Å². The molecule has 2 saturated heterocycles. The van der Waals surface area contributed by atoms with Crippen LogP contribution >= 0.6 is 0 Å². The molecule has 0 aliphatic carbocycles. The van der Waals surface area contributed by atoms with Crippen LogP contribution in [0.2, 0.25) is 0 Å². The Morgan fingerprint density at radius 2 is 2.06 bits per heavy atom. The summed E-state index contributed by atoms with van der Waals surface area (Å²) >= 11 is 0. The second-order valence-electron chi connectivity index (χ2n) is 6.13. The lowest BCUT2D eigenvalue weighted by Gasteiger charge is -2.42. The van der Waals surface area contributed by atoms with Crippen LogP contribution in [0.3, 0.4) is 0 Å². The molecule has 0 aromatic carbocycles. The van der Waals surface area contributed by atoms with Crippen LogP contribution in [-0.4, -0.2) is 41.1 Å². The molecule has 2 fully saturated rings. The van der Waals surface area contributed by atoms with E-state index in [1.165, 1.54) is 0 Å². The molecule has 0 radical (unpaired) electrons. The molecule has 0 bridgehead atoms. The van der Waals surface area contributed by atoms with Gasteiger partial charge in [-0.2, -0.15) is 0 Å². The fourth-order valence-corrected chi connectivity index (χ4v) is 2.78. The van der Waals surface area contributed by atoms with Gasteiger partial charge in [-0.25, -0.2) is 4.79 Å². The number of likely N-dealkylation sites (tertiary alicyclic amines) is 1. The number of hydrogen-bond acceptors (Lipinski definition) is 3. The summed E-state index contributed by atoms with van der Waals surface area (Å²) < 4.78 is 5.42. The molecule has 0 unspecified atom stereocenters. The fraction of sp³-hybridized carbons (Fsp3) is 0.846. The first-order valence-electron chi connectivity index (χ1n) is 6.64. The number of carbonyl (C=O) groups excluding carboxylic acids is 2. The Morgan fingerprint density at radius 3 is 2.61 bits per heavy atom. The van der Waals surface area contributed by atoms with E-state index in [0.29, 0.717) is 19.5 Å². The monoisotopic (exact) mass is 254 g/mol. The zero-order valence-corrected chi connectivity index (χ0v) is 11.4. The smallest absolute Gasteiger partial charge is 0.411 e. The predicted octanol–water partition coefficient (Wildman–Crippen LogP) is 1.67. The molecule has 1 atom stereocenters. The van der Waals surface area contributed by atoms with E-state index < -0.39 is 11.1 Å². The first-order valence-corrected chi connectivity index (χ1v) is 6.64. The molecular weight excluding hydrogens is 232 g/mol. The van der Waals surface area contributed by atoms with Crippen LogP contribution < -0.4 is 5.32 Å². The molecule has 1 N–H and O–H groups in total. The van der Waals surface area contributed by atoms with Gasteiger partial charge >= 0.3 is 6.09 Å². The van der Waals surface area contributed by atoms with Crippen molar-refractivity contribution < 1.29 is 14.3 Å². The zero-order valence-electron chi connectivity index (χ0n) is 11.4. The van der Waals surface area contributed by atoms with Gasteiger partial charge in [-0.3, -0.25) is 9.69 Å². The number of nitrogens with zero attached hydrogens (tertiary/aromatic N) is 1. The van der Waals surface area contributed by atoms with Crippen molar-refractivity contribution in [2.75, 3.05) is 13.1 Å². The van der Waals surface area contributed by atoms with Crippen molar-refractivity contribution >= 4 is 12.0 Å². The third kappa shape index (κ3) is 2.31. The van der Waals surface area contributed by atoms with Gasteiger partial charge in [-0.1, -0.05) is 0 Å². The molecule has 2 aliphatic rings. The van der Waals surface area contributed by atoms with E-state index in [0.717, 1.165) is 19.3 Å². The SMILES string of the molecule is CC(C)(C)OC(=O)N1CCCC[C@@]12CCNC2=O. The van der Waals surface area contributed by atoms with Crippen LogP contribution in [0.1, 0.15) is 46.5 Å². The number of piperidine rings is 1. The average molecular weight is 254 g/mol. The van der Waals surface area contributed by atoms with Gasteiger partial charge in [0.1, 0.15) is 11.1 Å². The van der Waals surface area contributed by atoms with Crippen LogP contribution in [0.5, 0.6) is 0 Å². The summed E-state index contributed by atoms with van der Waals surface area (Å²) in [5.74, 6) is -0.0203. The van der Waals surface area contributed by atoms with E-state index in [4.69, 9.17) is 4.74 Å². The lowest BCUT2D eigenvalue weighted by Crippen LogP contribution is -2.59. The maximum absolute atomic E-state index is 12.2. The minimum absolute atomic E-state index is 0.0203. The molecule has 0 saturated carbocycles. The van der Waals surface area contributed by atoms with E-state index in [1.54, 1.807) is 4.90 Å². The standard InChI is InChI=1S/C13H22N2O3/c1-12(2,3)18-11(17)15-9-5-4-6-13(15)7-8-14-10(13)16/h4-9H2,1-3H3,(H,14,16)/t13-/m0/s1. The van der Waals surface area contributed by atoms with Gasteiger partial charge in [0.15, 0.2) is 0 Å². The van der Waals surface area contributed by atoms with E-state index in [1.807, 2.05) is 20.8 Å². The maximum Gasteiger partial charge on any atom is 0.411 e. The molecular formula is C13H22N2O3. The topological polar surface area (TPSA) is 58.6 Å². The van der Waals surface area contributed by atoms with Crippen LogP contribution in [0.25, 0.3) is 0 Å². The van der Waals surface area contributed by atoms with Crippen molar-refractivity contribution in [2.45, 2.75) is 57.6 Å². The largest absolute Gasteiger partial charge is 0.444 e. The highest BCUT2D eigenvalue weighted by Crippen LogP contribution is 2.35. The van der Waals surface area contributed by atoms with E-state index in [-0.39, 0.29) is 12.0 Å². The van der Waals surface area contributed by atoms with E-state index in [9.17, 15) is 9.59 Å². The summed E-state index contributed by atoms with van der Waals surface area (Å²) in [4.78, 5) is 26.0. The number of carbonyl (C=O) groups is 2. The van der Waals surface area contributed by atoms with Crippen molar-refractivity contribution in [3.05, 3.63) is 0 Å². The normalized spacial score (nSPS) is 28.4. The summed E-state index contributed by atoms with van der Waals surface area (Å²) in [5, 5.41) is 2.84. The Morgan fingerprint density at radius 1 is 1.33 bits per heavy atom. The summed E-state index contributed by atoms with van der Waals surface area (Å²) in [6.07, 6.45) is 3.02. The highest BCUT2D eigenvalue weighted by Gasteiger charge is 2.51. The van der Waals surface area contributed by atoms with Gasteiger partial charge in [-0.15, -0.1) is 0 Å². The summed E-state index contributed by atoms with van der Waals surface area (Å²) in [6, 6.07) is 0. The molecule has 0 aromatic rings. The van der Waals surface area contributed by atoms with Crippen molar-refractivity contribution in [1.82, 2.24) is 10.2 Å². The summed E-state index contributed by atoms with van der Waals surface area (Å²) in [5.41, 5.74) is -1.18. The molecule has 5 heteroatoms. The molecule has 2 amide bonds. The Balaban J connectivity index is 2.18. The lowest BCUT2D eigenvalue weighted by molar-refractivity contribution is -0.131. The highest BCUT2D eigenvalue weighted by molar-refractivity contribution is 5.92. The molecule has 5 nitrogen and oxygen atoms in total. The van der Waals surface area contributed by atoms with Gasteiger partial charge in [-0.05, 0) is 46.5 Å². The molecule has 2 aliphatic heterocycles. The Kier molecular flexibility index (Phi) is 3.25. The van der Waals surface area contributed by atoms with E-state index >= 15 is 0 Å². The summed E-state index contributed by atoms with van der Waals surface area (Å²) in [7, 11) is 0. The zero-order chi connectivity index (χ0) is 13.4. The summed E-state index contributed by atoms with van der Waals surface area (Å²) in [6.45, 7) is 6.79. The van der Waals surface area contributed by atoms with Crippen LogP contribution in [0.15, 0.2) is 0 Å². The molecule has 102 valence electrons. The van der Waals surface area contributed by atoms with Crippen molar-refractivity contribution in [3.8, 4) is 0 Å². The first-order chi connectivity index (χ1) is 8.35. The molecule has 0 aromatic heterocycles. The number of hydrogen-bond donors (Lipinski definition) is 1. The predicted molar refractivity (Wildman–Crippen MR) is 67.1 cm³/mol. The highest BCUT2D eigenvalue weighted by atomic mass is 16.6. The number of rotatable bonds is 0. The first kappa shape index (κ1) is 13.2. The van der Waals surface area contributed by atoms with Crippen molar-refractivity contribution in [2.24, 2.45) is 0 Å². The van der Waals surface area contributed by atoms with Gasteiger partial charge in [0.05, 0.1) is 0 Å². The molecule has 2 rings (SSSR count). The third-order valence-corrected chi connectivity index (χ3v) is 3.60. The van der Waals surface area contributed by atoms with Crippen LogP contribution in [-0.2, 0) is 9.53 Å². The van der Waals surface area contributed by atoms with Gasteiger partial charge in [0.25, 0.3) is 0 Å². The number of ether oxygens (including phenoxy) is 1. The van der Waals surface area contributed by atoms with Crippen LogP contribution in [0.4, 0.5) is 4.79 Å². The number of nitrogens with one attached hydrogen (secondary N) is 1. The average Bonchev–Trinajstić information content (AvgIpc) is 2.59. The Hall–Kier alpha value is -1.26. The Labute approximate surface area is 108 Å². The molecule has 1 spiro atoms. The minimum atomic E-state index is -0.652. The third-order valence-electron chi connectivity index (χ3n) is 3.60. The number of amides is 2. The quantitative estimate of drug-likeness (QED) is 0.715. The van der Waals surface area contributed by atoms with E-state index in [2.05, 4.69) is 5.32 Å². The Bertz CT molecular complexity index is 362. The molecule has 18 heavy (non-hydrogen) atoms. The second-order valence-corrected chi connectivity index (χ2v) is 6.13. The second kappa shape index (κ2) is 4.44. The molecule has 2 heterocycles. The van der Waals surface area contributed by atoms with Crippen molar-refractivity contribution in [1.29, 1.82) is 0 Å². The van der Waals surface area contributed by atoms with Gasteiger partial charge < -0.3 is 10.1 Å². The maximum atomic E-state index is 12.2. The lowest BCUT2D eigenvalue weighted by atomic mass is 9.85. The minimum Gasteiger partial charge on any atom is -0.444 e. The fourth-order valence-electron chi connectivity index (χ4n) is 2.78. The van der Waals surface area contributed by atoms with Crippen LogP contribution in [0, 0.1) is 0 Å².